The molecule has 3 rings (SSSR count). The Bertz CT molecular complexity index is 979. The van der Waals surface area contributed by atoms with Gasteiger partial charge >= 0.3 is 15.6 Å². The summed E-state index contributed by atoms with van der Waals surface area (Å²) in [4.78, 5) is 4.21. The first-order chi connectivity index (χ1) is 11.2. The van der Waals surface area contributed by atoms with Crippen LogP contribution in [-0.2, 0) is 10.1 Å². The number of alkyl halides is 3. The molecule has 126 valence electrons. The fourth-order valence-electron chi connectivity index (χ4n) is 1.89. The molecular weight excluding hydrogens is 370 g/mol. The maximum atomic E-state index is 13.4. The van der Waals surface area contributed by atoms with Gasteiger partial charge < -0.3 is 4.18 Å². The molecule has 10 heteroatoms. The van der Waals surface area contributed by atoms with E-state index in [1.807, 2.05) is 0 Å². The van der Waals surface area contributed by atoms with Gasteiger partial charge in [-0.1, -0.05) is 12.1 Å². The molecule has 3 aromatic rings. The smallest absolute Gasteiger partial charge is 0.375 e. The number of benzene rings is 2. The molecular formula is C14H7F4NO3S2. The highest BCUT2D eigenvalue weighted by Crippen LogP contribution is 2.38. The van der Waals surface area contributed by atoms with E-state index >= 15 is 0 Å². The number of hydrogen-bond donors (Lipinski definition) is 0. The van der Waals surface area contributed by atoms with Crippen molar-refractivity contribution in [2.45, 2.75) is 5.51 Å². The quantitative estimate of drug-likeness (QED) is 0.387. The fraction of sp³-hybridized carbons (Fsp3) is 0.0714. The zero-order chi connectivity index (χ0) is 17.5. The summed E-state index contributed by atoms with van der Waals surface area (Å²) in [6.45, 7) is 0. The van der Waals surface area contributed by atoms with E-state index < -0.39 is 27.2 Å². The SMILES string of the molecule is O=S(=O)(Oc1cc(F)ccc1-c1nc2ccccc2s1)C(F)(F)F. The Hall–Kier alpha value is -2.20. The molecule has 0 spiro atoms. The predicted octanol–water partition coefficient (Wildman–Crippen LogP) is 4.33. The molecule has 4 nitrogen and oxygen atoms in total. The summed E-state index contributed by atoms with van der Waals surface area (Å²) in [5, 5.41) is 0.212. The molecule has 0 unspecified atom stereocenters. The zero-order valence-corrected chi connectivity index (χ0v) is 13.2. The Morgan fingerprint density at radius 3 is 2.46 bits per heavy atom. The van der Waals surface area contributed by atoms with E-state index in [4.69, 9.17) is 0 Å². The predicted molar refractivity (Wildman–Crippen MR) is 80.6 cm³/mol. The summed E-state index contributed by atoms with van der Waals surface area (Å²) < 4.78 is 78.1. The molecule has 0 saturated heterocycles. The number of fused-ring (bicyclic) bond motifs is 1. The van der Waals surface area contributed by atoms with Crippen LogP contribution in [0.25, 0.3) is 20.8 Å². The van der Waals surface area contributed by atoms with Crippen molar-refractivity contribution in [3.8, 4) is 16.3 Å². The van der Waals surface area contributed by atoms with Crippen LogP contribution in [0.3, 0.4) is 0 Å². The first-order valence-corrected chi connectivity index (χ1v) is 8.56. The number of para-hydroxylation sites is 1. The second-order valence-corrected chi connectivity index (χ2v) is 7.18. The lowest BCUT2D eigenvalue weighted by molar-refractivity contribution is -0.0499. The molecule has 0 saturated carbocycles. The minimum absolute atomic E-state index is 0.0505. The van der Waals surface area contributed by atoms with Gasteiger partial charge in [-0.2, -0.15) is 21.6 Å². The fourth-order valence-corrected chi connectivity index (χ4v) is 3.36. The lowest BCUT2D eigenvalue weighted by Crippen LogP contribution is -2.28. The highest BCUT2D eigenvalue weighted by molar-refractivity contribution is 7.88. The van der Waals surface area contributed by atoms with Gasteiger partial charge in [0.2, 0.25) is 0 Å². The third-order valence-electron chi connectivity index (χ3n) is 2.95. The van der Waals surface area contributed by atoms with Gasteiger partial charge in [0.05, 0.1) is 15.8 Å². The van der Waals surface area contributed by atoms with Crippen LogP contribution < -0.4 is 4.18 Å². The van der Waals surface area contributed by atoms with Gasteiger partial charge in [0.15, 0.2) is 5.75 Å². The van der Waals surface area contributed by atoms with Crippen molar-refractivity contribution >= 4 is 31.7 Å². The molecule has 0 aliphatic heterocycles. The van der Waals surface area contributed by atoms with Crippen LogP contribution >= 0.6 is 11.3 Å². The highest BCUT2D eigenvalue weighted by atomic mass is 32.2. The topological polar surface area (TPSA) is 56.3 Å². The number of rotatable bonds is 3. The van der Waals surface area contributed by atoms with Crippen molar-refractivity contribution in [1.82, 2.24) is 4.98 Å². The van der Waals surface area contributed by atoms with Crippen LogP contribution in [0.5, 0.6) is 5.75 Å². The summed E-state index contributed by atoms with van der Waals surface area (Å²) in [7, 11) is -5.92. The first-order valence-electron chi connectivity index (χ1n) is 6.34. The van der Waals surface area contributed by atoms with Gasteiger partial charge in [-0.15, -0.1) is 11.3 Å². The van der Waals surface area contributed by atoms with Gasteiger partial charge in [-0.05, 0) is 24.3 Å². The normalized spacial score (nSPS) is 12.5. The Balaban J connectivity index is 2.12. The van der Waals surface area contributed by atoms with Crippen molar-refractivity contribution in [2.75, 3.05) is 0 Å². The molecule has 1 aromatic heterocycles. The second kappa shape index (κ2) is 5.71. The lowest BCUT2D eigenvalue weighted by Gasteiger charge is -2.12. The van der Waals surface area contributed by atoms with Gasteiger partial charge in [0, 0.05) is 6.07 Å². The average molecular weight is 377 g/mol. The molecule has 0 radical (unpaired) electrons. The van der Waals surface area contributed by atoms with Crippen LogP contribution in [0.15, 0.2) is 42.5 Å². The Morgan fingerprint density at radius 1 is 1.08 bits per heavy atom. The van der Waals surface area contributed by atoms with Gasteiger partial charge in [-0.3, -0.25) is 0 Å². The van der Waals surface area contributed by atoms with Crippen molar-refractivity contribution < 1.29 is 30.2 Å². The maximum absolute atomic E-state index is 13.4. The summed E-state index contributed by atoms with van der Waals surface area (Å²) in [5.74, 6) is -1.71. The molecule has 24 heavy (non-hydrogen) atoms. The largest absolute Gasteiger partial charge is 0.534 e. The molecule has 0 fully saturated rings. The standard InChI is InChI=1S/C14H7F4NO3S2/c15-8-5-6-9(11(7-8)22-24(20,21)14(16,17)18)13-19-10-3-1-2-4-12(10)23-13/h1-7H. The summed E-state index contributed by atoms with van der Waals surface area (Å²) in [5.41, 5.74) is -5.10. The van der Waals surface area contributed by atoms with Crippen molar-refractivity contribution in [1.29, 1.82) is 0 Å². The second-order valence-electron chi connectivity index (χ2n) is 4.61. The molecule has 0 aliphatic rings. The number of halogens is 4. The van der Waals surface area contributed by atoms with Crippen LogP contribution in [0.4, 0.5) is 17.6 Å². The number of nitrogens with zero attached hydrogens (tertiary/aromatic N) is 1. The van der Waals surface area contributed by atoms with Crippen molar-refractivity contribution in [3.05, 3.63) is 48.3 Å². The maximum Gasteiger partial charge on any atom is 0.534 e. The number of thiazole rings is 1. The number of hydrogen-bond acceptors (Lipinski definition) is 5. The highest BCUT2D eigenvalue weighted by Gasteiger charge is 2.49. The average Bonchev–Trinajstić information content (AvgIpc) is 2.89. The Morgan fingerprint density at radius 2 is 1.79 bits per heavy atom. The van der Waals surface area contributed by atoms with E-state index in [-0.39, 0.29) is 10.6 Å². The van der Waals surface area contributed by atoms with Crippen molar-refractivity contribution in [3.63, 3.8) is 0 Å². The van der Waals surface area contributed by atoms with E-state index in [1.54, 1.807) is 24.3 Å². The molecule has 2 aromatic carbocycles. The minimum Gasteiger partial charge on any atom is -0.375 e. The van der Waals surface area contributed by atoms with E-state index in [1.165, 1.54) is 0 Å². The van der Waals surface area contributed by atoms with Gasteiger partial charge in [-0.25, -0.2) is 9.37 Å². The van der Waals surface area contributed by atoms with Crippen molar-refractivity contribution in [2.24, 2.45) is 0 Å². The summed E-state index contributed by atoms with van der Waals surface area (Å²) in [6, 6.07) is 9.58. The van der Waals surface area contributed by atoms with E-state index in [2.05, 4.69) is 9.17 Å². The molecule has 1 heterocycles. The van der Waals surface area contributed by atoms with Crippen LogP contribution in [-0.4, -0.2) is 18.9 Å². The summed E-state index contributed by atoms with van der Waals surface area (Å²) in [6.07, 6.45) is 0. The van der Waals surface area contributed by atoms with E-state index in [9.17, 15) is 26.0 Å². The summed E-state index contributed by atoms with van der Waals surface area (Å²) >= 11 is 1.11. The van der Waals surface area contributed by atoms with Crippen LogP contribution in [0, 0.1) is 5.82 Å². The van der Waals surface area contributed by atoms with Crippen LogP contribution in [0.2, 0.25) is 0 Å². The van der Waals surface area contributed by atoms with Gasteiger partial charge in [0.25, 0.3) is 0 Å². The minimum atomic E-state index is -5.92. The third-order valence-corrected chi connectivity index (χ3v) is 4.99. The van der Waals surface area contributed by atoms with E-state index in [0.29, 0.717) is 11.6 Å². The third kappa shape index (κ3) is 3.06. The lowest BCUT2D eigenvalue weighted by atomic mass is 10.2. The first kappa shape index (κ1) is 16.7. The Kier molecular flexibility index (Phi) is 3.96. The molecule has 0 amide bonds. The van der Waals surface area contributed by atoms with Gasteiger partial charge in [0.1, 0.15) is 10.8 Å². The molecule has 0 N–H and O–H groups in total. The molecule has 0 bridgehead atoms. The molecule has 0 aliphatic carbocycles. The molecule has 0 atom stereocenters. The zero-order valence-electron chi connectivity index (χ0n) is 11.5. The monoisotopic (exact) mass is 377 g/mol. The van der Waals surface area contributed by atoms with E-state index in [0.717, 1.165) is 28.2 Å². The van der Waals surface area contributed by atoms with Crippen LogP contribution in [0.1, 0.15) is 0 Å². The number of aromatic nitrogens is 1. The Labute approximate surface area is 137 Å².